The largest absolute Gasteiger partial charge is 0.344 e. The van der Waals surface area contributed by atoms with Crippen LogP contribution in [0.4, 0.5) is 4.79 Å². The summed E-state index contributed by atoms with van der Waals surface area (Å²) in [5.41, 5.74) is 5.88. The summed E-state index contributed by atoms with van der Waals surface area (Å²) in [6, 6.07) is 18.8. The van der Waals surface area contributed by atoms with Crippen molar-refractivity contribution in [3.05, 3.63) is 77.6 Å². The summed E-state index contributed by atoms with van der Waals surface area (Å²) in [5.74, 6) is -0.125. The minimum Gasteiger partial charge on any atom is -0.323 e. The number of carbonyl (C=O) groups excluding carboxylic acids is 2. The molecule has 0 unspecified atom stereocenters. The van der Waals surface area contributed by atoms with Gasteiger partial charge in [-0.3, -0.25) is 9.69 Å². The van der Waals surface area contributed by atoms with E-state index in [2.05, 4.69) is 65.5 Å². The first-order valence-corrected chi connectivity index (χ1v) is 12.2. The van der Waals surface area contributed by atoms with Crippen LogP contribution in [0.25, 0.3) is 11.1 Å². The molecule has 3 aromatic rings. The Morgan fingerprint density at radius 1 is 0.941 bits per heavy atom. The van der Waals surface area contributed by atoms with E-state index in [-0.39, 0.29) is 11.8 Å². The molecule has 6 nitrogen and oxygen atoms in total. The Morgan fingerprint density at radius 2 is 1.68 bits per heavy atom. The Labute approximate surface area is 201 Å². The summed E-state index contributed by atoms with van der Waals surface area (Å²) in [7, 11) is 0. The number of nitrogens with zero attached hydrogens (tertiary/aromatic N) is 4. The van der Waals surface area contributed by atoms with Gasteiger partial charge >= 0.3 is 6.03 Å². The monoisotopic (exact) mass is 456 g/mol. The number of amides is 1. The first-order chi connectivity index (χ1) is 16.4. The van der Waals surface area contributed by atoms with E-state index in [1.54, 1.807) is 12.3 Å². The van der Waals surface area contributed by atoms with Crippen molar-refractivity contribution in [2.75, 3.05) is 26.2 Å². The van der Waals surface area contributed by atoms with Crippen LogP contribution in [0.15, 0.2) is 60.8 Å². The maximum Gasteiger partial charge on any atom is 0.344 e. The minimum absolute atomic E-state index is 0.125. The highest BCUT2D eigenvalue weighted by Crippen LogP contribution is 2.41. The molecule has 0 radical (unpaired) electrons. The molecule has 1 amide bonds. The van der Waals surface area contributed by atoms with Gasteiger partial charge in [-0.05, 0) is 66.5 Å². The van der Waals surface area contributed by atoms with E-state index < -0.39 is 0 Å². The van der Waals surface area contributed by atoms with Gasteiger partial charge < -0.3 is 4.90 Å². The Morgan fingerprint density at radius 3 is 2.35 bits per heavy atom. The van der Waals surface area contributed by atoms with Crippen LogP contribution in [-0.4, -0.2) is 57.6 Å². The SMILES string of the molecule is CC(=O)c1ccn(C(=O)N2CCC3(CCN(Cc4ccc(-c5ccccc5)cc4C)C3)CC2)n1. The predicted molar refractivity (Wildman–Crippen MR) is 133 cm³/mol. The lowest BCUT2D eigenvalue weighted by Gasteiger charge is -2.39. The van der Waals surface area contributed by atoms with Crippen LogP contribution in [0, 0.1) is 12.3 Å². The highest BCUT2D eigenvalue weighted by molar-refractivity contribution is 5.92. The molecule has 1 aromatic heterocycles. The molecule has 0 N–H and O–H groups in total. The van der Waals surface area contributed by atoms with Crippen LogP contribution < -0.4 is 0 Å². The number of likely N-dealkylation sites (tertiary alicyclic amines) is 2. The summed E-state index contributed by atoms with van der Waals surface area (Å²) >= 11 is 0. The van der Waals surface area contributed by atoms with Gasteiger partial charge in [-0.15, -0.1) is 0 Å². The van der Waals surface area contributed by atoms with Crippen molar-refractivity contribution in [2.24, 2.45) is 5.41 Å². The Bertz CT molecular complexity index is 1190. The fraction of sp³-hybridized carbons (Fsp3) is 0.393. The highest BCUT2D eigenvalue weighted by Gasteiger charge is 2.41. The zero-order valence-electron chi connectivity index (χ0n) is 20.0. The molecule has 176 valence electrons. The lowest BCUT2D eigenvalue weighted by atomic mass is 9.78. The molecule has 2 fully saturated rings. The predicted octanol–water partition coefficient (Wildman–Crippen LogP) is 5.02. The molecular weight excluding hydrogens is 424 g/mol. The van der Waals surface area contributed by atoms with Crippen molar-refractivity contribution in [1.82, 2.24) is 19.6 Å². The summed E-state index contributed by atoms with van der Waals surface area (Å²) in [4.78, 5) is 28.8. The molecule has 2 aliphatic rings. The fourth-order valence-corrected chi connectivity index (χ4v) is 5.43. The lowest BCUT2D eigenvalue weighted by molar-refractivity contribution is 0.101. The maximum absolute atomic E-state index is 12.8. The molecule has 6 heteroatoms. The number of piperidine rings is 1. The second-order valence-corrected chi connectivity index (χ2v) is 9.94. The smallest absolute Gasteiger partial charge is 0.323 e. The molecule has 0 bridgehead atoms. The van der Waals surface area contributed by atoms with E-state index in [1.807, 2.05) is 4.90 Å². The van der Waals surface area contributed by atoms with Gasteiger partial charge in [0.1, 0.15) is 5.69 Å². The minimum atomic E-state index is -0.133. The van der Waals surface area contributed by atoms with Crippen LogP contribution in [0.3, 0.4) is 0 Å². The first-order valence-electron chi connectivity index (χ1n) is 12.2. The zero-order chi connectivity index (χ0) is 23.7. The van der Waals surface area contributed by atoms with E-state index in [0.29, 0.717) is 11.1 Å². The Balaban J connectivity index is 1.18. The second kappa shape index (κ2) is 9.18. The van der Waals surface area contributed by atoms with E-state index in [1.165, 1.54) is 40.3 Å². The molecule has 0 aliphatic carbocycles. The fourth-order valence-electron chi connectivity index (χ4n) is 5.43. The van der Waals surface area contributed by atoms with Gasteiger partial charge in [0.15, 0.2) is 5.78 Å². The van der Waals surface area contributed by atoms with Gasteiger partial charge in [-0.25, -0.2) is 4.79 Å². The zero-order valence-corrected chi connectivity index (χ0v) is 20.0. The van der Waals surface area contributed by atoms with Gasteiger partial charge in [0.25, 0.3) is 0 Å². The molecule has 1 spiro atoms. The lowest BCUT2D eigenvalue weighted by Crippen LogP contribution is -2.45. The third kappa shape index (κ3) is 4.55. The van der Waals surface area contributed by atoms with Crippen molar-refractivity contribution in [2.45, 2.75) is 39.7 Å². The third-order valence-corrected chi connectivity index (χ3v) is 7.60. The Kier molecular flexibility index (Phi) is 6.09. The van der Waals surface area contributed by atoms with E-state index in [4.69, 9.17) is 0 Å². The number of rotatable bonds is 4. The van der Waals surface area contributed by atoms with Crippen LogP contribution in [-0.2, 0) is 6.54 Å². The molecule has 0 saturated carbocycles. The highest BCUT2D eigenvalue weighted by atomic mass is 16.2. The summed E-state index contributed by atoms with van der Waals surface area (Å²) in [6.07, 6.45) is 4.81. The van der Waals surface area contributed by atoms with E-state index >= 15 is 0 Å². The van der Waals surface area contributed by atoms with Crippen molar-refractivity contribution < 1.29 is 9.59 Å². The van der Waals surface area contributed by atoms with Gasteiger partial charge in [-0.2, -0.15) is 9.78 Å². The molecular formula is C28H32N4O2. The molecule has 3 heterocycles. The average Bonchev–Trinajstić information content (AvgIpc) is 3.49. The quantitative estimate of drug-likeness (QED) is 0.518. The van der Waals surface area contributed by atoms with Crippen LogP contribution >= 0.6 is 0 Å². The van der Waals surface area contributed by atoms with Crippen molar-refractivity contribution >= 4 is 11.8 Å². The van der Waals surface area contributed by atoms with E-state index in [9.17, 15) is 9.59 Å². The number of benzene rings is 2. The van der Waals surface area contributed by atoms with Crippen molar-refractivity contribution in [3.8, 4) is 11.1 Å². The standard InChI is InChI=1S/C28H32N4O2/c1-21-18-24(23-6-4-3-5-7-23)8-9-25(21)19-30-15-11-28(20-30)12-16-31(17-13-28)27(34)32-14-10-26(29-32)22(2)33/h3-10,14,18H,11-13,15-17,19-20H2,1-2H3. The van der Waals surface area contributed by atoms with Crippen molar-refractivity contribution in [1.29, 1.82) is 0 Å². The molecule has 0 atom stereocenters. The number of hydrogen-bond donors (Lipinski definition) is 0. The van der Waals surface area contributed by atoms with Crippen molar-refractivity contribution in [3.63, 3.8) is 0 Å². The number of carbonyl (C=O) groups is 2. The second-order valence-electron chi connectivity index (χ2n) is 9.94. The maximum atomic E-state index is 12.8. The summed E-state index contributed by atoms with van der Waals surface area (Å²) < 4.78 is 1.30. The van der Waals surface area contributed by atoms with Gasteiger partial charge in [0, 0.05) is 39.3 Å². The third-order valence-electron chi connectivity index (χ3n) is 7.60. The number of aryl methyl sites for hydroxylation is 1. The van der Waals surface area contributed by atoms with Crippen LogP contribution in [0.5, 0.6) is 0 Å². The van der Waals surface area contributed by atoms with Gasteiger partial charge in [0.2, 0.25) is 0 Å². The molecule has 2 aromatic carbocycles. The normalized spacial score (nSPS) is 17.9. The Hall–Kier alpha value is -3.25. The molecule has 2 aliphatic heterocycles. The van der Waals surface area contributed by atoms with E-state index in [0.717, 1.165) is 45.6 Å². The topological polar surface area (TPSA) is 58.4 Å². The number of hydrogen-bond acceptors (Lipinski definition) is 4. The number of aromatic nitrogens is 2. The van der Waals surface area contributed by atoms with Gasteiger partial charge in [-0.1, -0.05) is 48.5 Å². The average molecular weight is 457 g/mol. The number of ketones is 1. The van der Waals surface area contributed by atoms with Crippen LogP contribution in [0.2, 0.25) is 0 Å². The first kappa shape index (κ1) is 22.5. The van der Waals surface area contributed by atoms with Crippen LogP contribution in [0.1, 0.15) is 47.8 Å². The number of Topliss-reactive ketones (excluding diaryl/α,β-unsaturated/α-hetero) is 1. The summed E-state index contributed by atoms with van der Waals surface area (Å²) in [6.45, 7) is 8.34. The van der Waals surface area contributed by atoms with Gasteiger partial charge in [0.05, 0.1) is 0 Å². The molecule has 2 saturated heterocycles. The molecule has 34 heavy (non-hydrogen) atoms. The summed E-state index contributed by atoms with van der Waals surface area (Å²) in [5, 5.41) is 4.13. The molecule has 5 rings (SSSR count).